The number of hydrogen-bond acceptors (Lipinski definition) is 6. The Labute approximate surface area is 148 Å². The second-order valence-corrected chi connectivity index (χ2v) is 4.26. The molecule has 0 radical (unpaired) electrons. The van der Waals surface area contributed by atoms with E-state index in [1.807, 2.05) is 0 Å². The van der Waals surface area contributed by atoms with Crippen molar-refractivity contribution in [1.82, 2.24) is 10.6 Å². The van der Waals surface area contributed by atoms with Crippen LogP contribution in [0.4, 0.5) is 0 Å². The second-order valence-electron chi connectivity index (χ2n) is 3.90. The molecule has 116 valence electrons. The molecular formula is C10H18N3NaO6S. The standard InChI is InChI=1S/C10H17N3O6S.Na.H/c11-5(10(18)19)1-2-7(14)13-6(4-20)9(17)12-3-8(15)16;;/h5-6,20H,1-4,11H2,(H,12,17)(H,13,14)(H,15,16)(H,18,19);;/t5-,6-;;/m1../s1. The van der Waals surface area contributed by atoms with Gasteiger partial charge in [-0.15, -0.1) is 0 Å². The number of nitrogens with one attached hydrogen (secondary N) is 2. The number of carbonyl (C=O) groups excluding carboxylic acids is 2. The summed E-state index contributed by atoms with van der Waals surface area (Å²) in [6.45, 7) is -0.567. The molecule has 0 aliphatic heterocycles. The predicted molar refractivity (Wildman–Crippen MR) is 78.4 cm³/mol. The molecule has 0 rings (SSSR count). The maximum absolute atomic E-state index is 11.5. The van der Waals surface area contributed by atoms with Crippen LogP contribution in [0.2, 0.25) is 0 Å². The summed E-state index contributed by atoms with van der Waals surface area (Å²) >= 11 is 3.87. The van der Waals surface area contributed by atoms with Gasteiger partial charge < -0.3 is 26.6 Å². The van der Waals surface area contributed by atoms with E-state index in [2.05, 4.69) is 23.3 Å². The van der Waals surface area contributed by atoms with Crippen LogP contribution in [0, 0.1) is 0 Å². The van der Waals surface area contributed by atoms with Gasteiger partial charge in [0, 0.05) is 12.2 Å². The van der Waals surface area contributed by atoms with E-state index in [0.717, 1.165) is 0 Å². The van der Waals surface area contributed by atoms with Gasteiger partial charge in [-0.25, -0.2) is 0 Å². The molecule has 0 aliphatic rings. The first-order valence-electron chi connectivity index (χ1n) is 5.66. The van der Waals surface area contributed by atoms with Crippen LogP contribution in [0.5, 0.6) is 0 Å². The van der Waals surface area contributed by atoms with Gasteiger partial charge in [-0.3, -0.25) is 19.2 Å². The number of carboxylic acids is 2. The Morgan fingerprint density at radius 1 is 1.19 bits per heavy atom. The Morgan fingerprint density at radius 3 is 2.19 bits per heavy atom. The SMILES string of the molecule is N[C@H](CCC(=O)N[C@H](CS)C(=O)NCC(=O)O)C(=O)O.[NaH]. The zero-order valence-electron chi connectivity index (χ0n) is 10.5. The van der Waals surface area contributed by atoms with Crippen molar-refractivity contribution in [2.24, 2.45) is 5.73 Å². The molecule has 0 aliphatic carbocycles. The fourth-order valence-corrected chi connectivity index (χ4v) is 1.41. The van der Waals surface area contributed by atoms with Crippen molar-refractivity contribution in [2.75, 3.05) is 12.3 Å². The first kappa shape index (κ1) is 22.5. The van der Waals surface area contributed by atoms with Gasteiger partial charge in [0.25, 0.3) is 0 Å². The molecule has 21 heavy (non-hydrogen) atoms. The summed E-state index contributed by atoms with van der Waals surface area (Å²) in [5.74, 6) is -3.70. The molecule has 0 bridgehead atoms. The van der Waals surface area contributed by atoms with Crippen molar-refractivity contribution in [3.05, 3.63) is 0 Å². The van der Waals surface area contributed by atoms with Gasteiger partial charge in [-0.1, -0.05) is 0 Å². The van der Waals surface area contributed by atoms with Crippen molar-refractivity contribution < 1.29 is 29.4 Å². The maximum atomic E-state index is 11.5. The number of carboxylic acid groups (broad SMARTS) is 2. The Hall–Kier alpha value is -0.810. The fraction of sp³-hybridized carbons (Fsp3) is 0.600. The quantitative estimate of drug-likeness (QED) is 0.196. The summed E-state index contributed by atoms with van der Waals surface area (Å²) in [6, 6.07) is -2.15. The van der Waals surface area contributed by atoms with E-state index in [4.69, 9.17) is 15.9 Å². The van der Waals surface area contributed by atoms with Gasteiger partial charge in [0.15, 0.2) is 0 Å². The second kappa shape index (κ2) is 11.8. The molecular weight excluding hydrogens is 313 g/mol. The average Bonchev–Trinajstić information content (AvgIpc) is 2.38. The summed E-state index contributed by atoms with van der Waals surface area (Å²) in [6.07, 6.45) is -0.235. The third-order valence-electron chi connectivity index (χ3n) is 2.25. The third kappa shape index (κ3) is 10.5. The van der Waals surface area contributed by atoms with Crippen LogP contribution in [0.25, 0.3) is 0 Å². The van der Waals surface area contributed by atoms with Crippen LogP contribution in [0.3, 0.4) is 0 Å². The van der Waals surface area contributed by atoms with E-state index in [1.165, 1.54) is 0 Å². The van der Waals surface area contributed by atoms with Crippen molar-refractivity contribution >= 4 is 65.9 Å². The summed E-state index contributed by atoms with van der Waals surface area (Å²) < 4.78 is 0. The Balaban J connectivity index is 0. The summed E-state index contributed by atoms with van der Waals surface area (Å²) in [5.41, 5.74) is 5.23. The molecule has 0 saturated heterocycles. The average molecular weight is 331 g/mol. The fourth-order valence-electron chi connectivity index (χ4n) is 1.16. The van der Waals surface area contributed by atoms with Gasteiger partial charge in [-0.05, 0) is 6.42 Å². The van der Waals surface area contributed by atoms with E-state index in [9.17, 15) is 19.2 Å². The molecule has 0 aromatic rings. The molecule has 0 heterocycles. The normalized spacial score (nSPS) is 12.5. The molecule has 0 aromatic heterocycles. The molecule has 11 heteroatoms. The zero-order valence-corrected chi connectivity index (χ0v) is 11.4. The number of aliphatic carboxylic acids is 2. The molecule has 6 N–H and O–H groups in total. The number of amides is 2. The Kier molecular flexibility index (Phi) is 12.6. The van der Waals surface area contributed by atoms with Crippen molar-refractivity contribution in [3.63, 3.8) is 0 Å². The summed E-state index contributed by atoms with van der Waals surface area (Å²) in [7, 11) is 0. The zero-order chi connectivity index (χ0) is 15.7. The Morgan fingerprint density at radius 2 is 1.76 bits per heavy atom. The topological polar surface area (TPSA) is 159 Å². The van der Waals surface area contributed by atoms with Gasteiger partial charge in [-0.2, -0.15) is 12.6 Å². The van der Waals surface area contributed by atoms with Crippen LogP contribution in [-0.2, 0) is 19.2 Å². The molecule has 0 fully saturated rings. The number of hydrogen-bond donors (Lipinski definition) is 6. The van der Waals surface area contributed by atoms with Crippen LogP contribution in [0.15, 0.2) is 0 Å². The van der Waals surface area contributed by atoms with E-state index in [-0.39, 0.29) is 48.2 Å². The van der Waals surface area contributed by atoms with E-state index >= 15 is 0 Å². The summed E-state index contributed by atoms with van der Waals surface area (Å²) in [4.78, 5) is 43.7. The predicted octanol–water partition coefficient (Wildman–Crippen LogP) is -2.85. The molecule has 2 atom stereocenters. The van der Waals surface area contributed by atoms with Gasteiger partial charge in [0.1, 0.15) is 18.6 Å². The third-order valence-corrected chi connectivity index (χ3v) is 2.61. The first-order chi connectivity index (χ1) is 9.27. The van der Waals surface area contributed by atoms with Gasteiger partial charge in [0.2, 0.25) is 11.8 Å². The Bertz CT molecular complexity index is 395. The molecule has 2 amide bonds. The molecule has 0 saturated carbocycles. The van der Waals surface area contributed by atoms with Crippen LogP contribution >= 0.6 is 12.6 Å². The number of rotatable bonds is 9. The molecule has 0 unspecified atom stereocenters. The number of carbonyl (C=O) groups is 4. The summed E-state index contributed by atoms with van der Waals surface area (Å²) in [5, 5.41) is 21.4. The minimum atomic E-state index is -1.22. The van der Waals surface area contributed by atoms with E-state index < -0.39 is 42.4 Å². The van der Waals surface area contributed by atoms with Crippen LogP contribution in [0.1, 0.15) is 12.8 Å². The van der Waals surface area contributed by atoms with E-state index in [0.29, 0.717) is 0 Å². The number of nitrogens with two attached hydrogens (primary N) is 1. The first-order valence-corrected chi connectivity index (χ1v) is 6.29. The number of thiol groups is 1. The molecule has 9 nitrogen and oxygen atoms in total. The van der Waals surface area contributed by atoms with Gasteiger partial charge >= 0.3 is 41.5 Å². The van der Waals surface area contributed by atoms with Crippen molar-refractivity contribution in [1.29, 1.82) is 0 Å². The monoisotopic (exact) mass is 331 g/mol. The van der Waals surface area contributed by atoms with E-state index in [1.54, 1.807) is 0 Å². The van der Waals surface area contributed by atoms with Crippen molar-refractivity contribution in [2.45, 2.75) is 24.9 Å². The molecule has 0 aromatic carbocycles. The van der Waals surface area contributed by atoms with Gasteiger partial charge in [0.05, 0.1) is 0 Å². The van der Waals surface area contributed by atoms with Crippen molar-refractivity contribution in [3.8, 4) is 0 Å². The molecule has 0 spiro atoms. The van der Waals surface area contributed by atoms with Crippen LogP contribution < -0.4 is 16.4 Å². The minimum absolute atomic E-state index is 0. The van der Waals surface area contributed by atoms with Crippen LogP contribution in [-0.4, -0.2) is 87.9 Å².